The van der Waals surface area contributed by atoms with E-state index in [0.717, 1.165) is 9.09 Å². The third-order valence-corrected chi connectivity index (χ3v) is 2.63. The molecular weight excluding hydrogens is 323 g/mol. The van der Waals surface area contributed by atoms with E-state index in [-0.39, 0.29) is 11.6 Å². The number of fused-ring (bicyclic) bond motifs is 1. The molecule has 0 saturated heterocycles. The Morgan fingerprint density at radius 3 is 2.94 bits per heavy atom. The number of aromatic nitrogens is 1. The summed E-state index contributed by atoms with van der Waals surface area (Å²) in [6.45, 7) is 0. The molecule has 0 unspecified atom stereocenters. The Hall–Kier alpha value is -1.64. The predicted molar refractivity (Wildman–Crippen MR) is 66.8 cm³/mol. The topological polar surface area (TPSA) is 104 Å². The van der Waals surface area contributed by atoms with Crippen molar-refractivity contribution in [2.24, 2.45) is 16.0 Å². The number of carbonyl (C=O) groups excluding carboxylic acids is 1. The molecule has 0 spiro atoms. The summed E-state index contributed by atoms with van der Waals surface area (Å²) in [4.78, 5) is 13.2. The van der Waals surface area contributed by atoms with Crippen molar-refractivity contribution in [3.05, 3.63) is 21.8 Å². The molecule has 7 heteroatoms. The lowest BCUT2D eigenvalue weighted by Crippen LogP contribution is -2.01. The molecule has 1 heterocycles. The van der Waals surface area contributed by atoms with Crippen LogP contribution in [0.15, 0.2) is 28.4 Å². The average Bonchev–Trinajstić information content (AvgIpc) is 2.51. The van der Waals surface area contributed by atoms with Gasteiger partial charge in [-0.05, 0) is 40.8 Å². The van der Waals surface area contributed by atoms with Crippen LogP contribution in [-0.4, -0.2) is 16.1 Å². The van der Waals surface area contributed by atoms with Crippen LogP contribution in [-0.2, 0) is 0 Å². The van der Waals surface area contributed by atoms with Crippen LogP contribution < -0.4 is 5.73 Å². The molecule has 0 atom stereocenters. The quantitative estimate of drug-likeness (QED) is 0.553. The van der Waals surface area contributed by atoms with Crippen molar-refractivity contribution in [3.63, 3.8) is 0 Å². The third kappa shape index (κ3) is 1.98. The number of nitrogens with two attached hydrogens (primary N) is 1. The van der Waals surface area contributed by atoms with Gasteiger partial charge in [-0.1, -0.05) is 5.11 Å². The van der Waals surface area contributed by atoms with E-state index >= 15 is 0 Å². The molecule has 0 fully saturated rings. The first kappa shape index (κ1) is 10.9. The number of urea groups is 1. The standard InChI is InChI=1S/C9H7IN4O2/c10-4-1-2-6-5(3-4)7(8(15)12-6)13-14-9(11)16/h1-3,12,15H,(H2,11,16). The minimum absolute atomic E-state index is 0.137. The SMILES string of the molecule is NC(=O)N=Nc1c(O)[nH]c2ccc(I)cc12. The minimum atomic E-state index is -0.903. The highest BCUT2D eigenvalue weighted by atomic mass is 127. The average molecular weight is 330 g/mol. The molecule has 82 valence electrons. The molecule has 0 aliphatic rings. The maximum absolute atomic E-state index is 10.5. The Balaban J connectivity index is 2.62. The number of nitrogens with one attached hydrogen (secondary N) is 1. The second-order valence-electron chi connectivity index (χ2n) is 3.05. The zero-order chi connectivity index (χ0) is 11.7. The smallest absolute Gasteiger partial charge is 0.356 e. The number of aromatic hydroxyl groups is 1. The van der Waals surface area contributed by atoms with Crippen LogP contribution in [0.4, 0.5) is 10.5 Å². The minimum Gasteiger partial charge on any atom is -0.493 e. The van der Waals surface area contributed by atoms with Crippen molar-refractivity contribution < 1.29 is 9.90 Å². The van der Waals surface area contributed by atoms with Gasteiger partial charge in [-0.25, -0.2) is 4.79 Å². The van der Waals surface area contributed by atoms with Crippen LogP contribution in [0.3, 0.4) is 0 Å². The van der Waals surface area contributed by atoms with Gasteiger partial charge in [-0.15, -0.1) is 5.11 Å². The van der Waals surface area contributed by atoms with E-state index in [9.17, 15) is 9.90 Å². The summed E-state index contributed by atoms with van der Waals surface area (Å²) in [7, 11) is 0. The van der Waals surface area contributed by atoms with Gasteiger partial charge in [0, 0.05) is 8.96 Å². The van der Waals surface area contributed by atoms with Gasteiger partial charge >= 0.3 is 6.03 Å². The number of benzene rings is 1. The van der Waals surface area contributed by atoms with Gasteiger partial charge in [0.25, 0.3) is 0 Å². The maximum atomic E-state index is 10.5. The van der Waals surface area contributed by atoms with E-state index < -0.39 is 6.03 Å². The molecule has 1 aromatic carbocycles. The first-order chi connectivity index (χ1) is 7.58. The lowest BCUT2D eigenvalue weighted by Gasteiger charge is -1.92. The molecule has 6 nitrogen and oxygen atoms in total. The van der Waals surface area contributed by atoms with E-state index in [1.807, 2.05) is 12.1 Å². The number of primary amides is 1. The van der Waals surface area contributed by atoms with Gasteiger partial charge in [0.2, 0.25) is 5.88 Å². The van der Waals surface area contributed by atoms with Crippen LogP contribution in [0.25, 0.3) is 10.9 Å². The predicted octanol–water partition coefficient (Wildman–Crippen LogP) is 2.64. The van der Waals surface area contributed by atoms with E-state index in [2.05, 4.69) is 37.8 Å². The lowest BCUT2D eigenvalue weighted by molar-refractivity contribution is 0.255. The molecule has 0 radical (unpaired) electrons. The highest BCUT2D eigenvalue weighted by Gasteiger charge is 2.10. The molecule has 0 aliphatic carbocycles. The highest BCUT2D eigenvalue weighted by Crippen LogP contribution is 2.36. The van der Waals surface area contributed by atoms with Crippen molar-refractivity contribution in [2.45, 2.75) is 0 Å². The molecular formula is C9H7IN4O2. The summed E-state index contributed by atoms with van der Waals surface area (Å²) in [5.41, 5.74) is 5.77. The third-order valence-electron chi connectivity index (χ3n) is 1.96. The van der Waals surface area contributed by atoms with Crippen LogP contribution in [0.2, 0.25) is 0 Å². The fourth-order valence-corrected chi connectivity index (χ4v) is 1.83. The largest absolute Gasteiger partial charge is 0.493 e. The van der Waals surface area contributed by atoms with Crippen LogP contribution in [0, 0.1) is 3.57 Å². The van der Waals surface area contributed by atoms with Crippen molar-refractivity contribution in [1.29, 1.82) is 0 Å². The molecule has 4 N–H and O–H groups in total. The zero-order valence-corrected chi connectivity index (χ0v) is 10.1. The number of hydrogen-bond acceptors (Lipinski definition) is 3. The fourth-order valence-electron chi connectivity index (χ4n) is 1.34. The number of rotatable bonds is 1. The van der Waals surface area contributed by atoms with Gasteiger partial charge in [-0.2, -0.15) is 0 Å². The Morgan fingerprint density at radius 2 is 2.25 bits per heavy atom. The van der Waals surface area contributed by atoms with Crippen LogP contribution >= 0.6 is 22.6 Å². The molecule has 16 heavy (non-hydrogen) atoms. The number of H-pyrrole nitrogens is 1. The molecule has 2 rings (SSSR count). The van der Waals surface area contributed by atoms with Crippen molar-refractivity contribution >= 4 is 45.2 Å². The van der Waals surface area contributed by atoms with E-state index in [4.69, 9.17) is 5.73 Å². The van der Waals surface area contributed by atoms with Gasteiger partial charge in [0.1, 0.15) is 0 Å². The molecule has 0 bridgehead atoms. The Morgan fingerprint density at radius 1 is 1.50 bits per heavy atom. The second-order valence-corrected chi connectivity index (χ2v) is 4.30. The summed E-state index contributed by atoms with van der Waals surface area (Å²) in [6.07, 6.45) is 0. The van der Waals surface area contributed by atoms with Crippen LogP contribution in [0.1, 0.15) is 0 Å². The summed E-state index contributed by atoms with van der Waals surface area (Å²) in [6, 6.07) is 4.61. The van der Waals surface area contributed by atoms with Gasteiger partial charge in [0.05, 0.1) is 5.52 Å². The van der Waals surface area contributed by atoms with Crippen molar-refractivity contribution in [1.82, 2.24) is 4.98 Å². The monoisotopic (exact) mass is 330 g/mol. The first-order valence-electron chi connectivity index (χ1n) is 4.29. The Labute approximate surface area is 104 Å². The first-order valence-corrected chi connectivity index (χ1v) is 5.37. The number of amides is 2. The van der Waals surface area contributed by atoms with Crippen molar-refractivity contribution in [2.75, 3.05) is 0 Å². The maximum Gasteiger partial charge on any atom is 0.356 e. The Bertz CT molecular complexity index is 590. The lowest BCUT2D eigenvalue weighted by atomic mass is 10.2. The van der Waals surface area contributed by atoms with Gasteiger partial charge in [-0.3, -0.25) is 0 Å². The Kier molecular flexibility index (Phi) is 2.77. The molecule has 0 saturated carbocycles. The number of hydrogen-bond donors (Lipinski definition) is 3. The van der Waals surface area contributed by atoms with Crippen molar-refractivity contribution in [3.8, 4) is 5.88 Å². The molecule has 1 aromatic heterocycles. The van der Waals surface area contributed by atoms with E-state index in [0.29, 0.717) is 5.39 Å². The second kappa shape index (κ2) is 4.08. The normalized spacial score (nSPS) is 11.3. The number of carbonyl (C=O) groups is 1. The van der Waals surface area contributed by atoms with Gasteiger partial charge < -0.3 is 15.8 Å². The van der Waals surface area contributed by atoms with E-state index in [1.165, 1.54) is 0 Å². The summed E-state index contributed by atoms with van der Waals surface area (Å²) in [5, 5.41) is 17.1. The van der Waals surface area contributed by atoms with Crippen LogP contribution in [0.5, 0.6) is 5.88 Å². The van der Waals surface area contributed by atoms with E-state index in [1.54, 1.807) is 6.07 Å². The number of nitrogens with zero attached hydrogens (tertiary/aromatic N) is 2. The summed E-state index contributed by atoms with van der Waals surface area (Å²) >= 11 is 2.14. The fraction of sp³-hybridized carbons (Fsp3) is 0. The molecule has 2 amide bonds. The molecule has 2 aromatic rings. The highest BCUT2D eigenvalue weighted by molar-refractivity contribution is 14.1. The summed E-state index contributed by atoms with van der Waals surface area (Å²) < 4.78 is 0.986. The van der Waals surface area contributed by atoms with Gasteiger partial charge in [0.15, 0.2) is 5.69 Å². The molecule has 0 aliphatic heterocycles. The summed E-state index contributed by atoms with van der Waals surface area (Å²) in [5.74, 6) is -0.137. The number of aromatic amines is 1. The zero-order valence-electron chi connectivity index (χ0n) is 7.94. The number of halogens is 1. The number of azo groups is 1.